The van der Waals surface area contributed by atoms with Crippen LogP contribution in [0.2, 0.25) is 5.02 Å². The molecule has 7 heteroatoms. The van der Waals surface area contributed by atoms with Crippen LogP contribution in [-0.2, 0) is 19.7 Å². The van der Waals surface area contributed by atoms with Crippen molar-refractivity contribution in [3.63, 3.8) is 0 Å². The molecule has 0 aliphatic carbocycles. The Morgan fingerprint density at radius 3 is 2.67 bits per heavy atom. The summed E-state index contributed by atoms with van der Waals surface area (Å²) in [5.41, 5.74) is 3.12. The molecule has 156 valence electrons. The Bertz CT molecular complexity index is 1040. The number of rotatable bonds is 8. The van der Waals surface area contributed by atoms with Crippen LogP contribution in [-0.4, -0.2) is 13.9 Å². The summed E-state index contributed by atoms with van der Waals surface area (Å²) in [6.07, 6.45) is 0. The predicted octanol–water partition coefficient (Wildman–Crippen LogP) is 5.71. The zero-order valence-corrected chi connectivity index (χ0v) is 18.8. The molecular formula is C23H21BrClNO4. The fourth-order valence-corrected chi connectivity index (χ4v) is 3.99. The van der Waals surface area contributed by atoms with Crippen molar-refractivity contribution in [2.24, 2.45) is 0 Å². The van der Waals surface area contributed by atoms with Crippen molar-refractivity contribution in [3.05, 3.63) is 80.8 Å². The highest BCUT2D eigenvalue weighted by atomic mass is 79.9. The molecule has 3 aromatic rings. The van der Waals surface area contributed by atoms with E-state index in [0.29, 0.717) is 31.2 Å². The zero-order chi connectivity index (χ0) is 20.9. The second-order valence-corrected chi connectivity index (χ2v) is 8.04. The van der Waals surface area contributed by atoms with E-state index in [0.717, 1.165) is 37.7 Å². The van der Waals surface area contributed by atoms with Crippen LogP contribution in [0.4, 0.5) is 0 Å². The number of ether oxygens (including phenoxy) is 4. The van der Waals surface area contributed by atoms with Gasteiger partial charge < -0.3 is 24.3 Å². The molecule has 1 aliphatic rings. The summed E-state index contributed by atoms with van der Waals surface area (Å²) in [4.78, 5) is 0. The first-order valence-electron chi connectivity index (χ1n) is 9.46. The first-order valence-corrected chi connectivity index (χ1v) is 10.6. The molecule has 0 amide bonds. The normalized spacial score (nSPS) is 12.1. The highest BCUT2D eigenvalue weighted by Crippen LogP contribution is 2.38. The Labute approximate surface area is 189 Å². The Morgan fingerprint density at radius 1 is 1.00 bits per heavy atom. The second-order valence-electron chi connectivity index (χ2n) is 6.78. The third kappa shape index (κ3) is 4.83. The van der Waals surface area contributed by atoms with E-state index in [2.05, 4.69) is 21.2 Å². The summed E-state index contributed by atoms with van der Waals surface area (Å²) in [6, 6.07) is 17.6. The van der Waals surface area contributed by atoms with Crippen molar-refractivity contribution in [1.29, 1.82) is 0 Å². The van der Waals surface area contributed by atoms with Gasteiger partial charge >= 0.3 is 0 Å². The van der Waals surface area contributed by atoms with Gasteiger partial charge in [-0.3, -0.25) is 0 Å². The minimum atomic E-state index is 0.255. The number of nitrogens with one attached hydrogen (secondary N) is 1. The van der Waals surface area contributed by atoms with Crippen molar-refractivity contribution in [2.75, 3.05) is 13.9 Å². The molecule has 0 atom stereocenters. The van der Waals surface area contributed by atoms with E-state index in [-0.39, 0.29) is 6.79 Å². The topological polar surface area (TPSA) is 49.0 Å². The van der Waals surface area contributed by atoms with Crippen LogP contribution in [0, 0.1) is 0 Å². The van der Waals surface area contributed by atoms with Crippen molar-refractivity contribution in [3.8, 4) is 23.0 Å². The summed E-state index contributed by atoms with van der Waals surface area (Å²) in [6.45, 7) is 1.99. The molecule has 1 N–H and O–H groups in total. The van der Waals surface area contributed by atoms with Gasteiger partial charge in [0.2, 0.25) is 6.79 Å². The molecule has 0 saturated carbocycles. The first-order chi connectivity index (χ1) is 14.6. The first kappa shape index (κ1) is 20.8. The van der Waals surface area contributed by atoms with Crippen LogP contribution in [0.15, 0.2) is 59.1 Å². The lowest BCUT2D eigenvalue weighted by Gasteiger charge is -2.15. The smallest absolute Gasteiger partial charge is 0.231 e. The van der Waals surface area contributed by atoms with Gasteiger partial charge in [-0.25, -0.2) is 0 Å². The lowest BCUT2D eigenvalue weighted by molar-refractivity contribution is 0.174. The molecule has 5 nitrogen and oxygen atoms in total. The maximum absolute atomic E-state index is 6.22. The van der Waals surface area contributed by atoms with Crippen LogP contribution in [0.5, 0.6) is 23.0 Å². The molecule has 0 fully saturated rings. The van der Waals surface area contributed by atoms with E-state index in [4.69, 9.17) is 30.5 Å². The average molecular weight is 491 g/mol. The quantitative estimate of drug-likeness (QED) is 0.438. The summed E-state index contributed by atoms with van der Waals surface area (Å²) >= 11 is 9.83. The van der Waals surface area contributed by atoms with Crippen LogP contribution in [0.1, 0.15) is 16.7 Å². The molecule has 3 aromatic carbocycles. The molecule has 1 heterocycles. The summed E-state index contributed by atoms with van der Waals surface area (Å²) in [5.74, 6) is 2.82. The third-order valence-electron chi connectivity index (χ3n) is 4.71. The molecule has 0 unspecified atom stereocenters. The molecule has 0 spiro atoms. The van der Waals surface area contributed by atoms with Crippen LogP contribution in [0.3, 0.4) is 0 Å². The van der Waals surface area contributed by atoms with Gasteiger partial charge in [0.1, 0.15) is 6.61 Å². The van der Waals surface area contributed by atoms with Crippen LogP contribution in [0.25, 0.3) is 0 Å². The molecular weight excluding hydrogens is 470 g/mol. The number of methoxy groups -OCH3 is 1. The Morgan fingerprint density at radius 2 is 1.83 bits per heavy atom. The molecule has 0 radical (unpaired) electrons. The SMILES string of the molecule is COc1cc(CNCc2ccccc2Cl)cc(Br)c1OCc1ccc2c(c1)OCO2. The second kappa shape index (κ2) is 9.60. The molecule has 0 saturated heterocycles. The minimum absolute atomic E-state index is 0.255. The standard InChI is InChI=1S/C23H21BrClNO4/c1-27-22-10-16(11-26-12-17-4-2-3-5-19(17)25)8-18(24)23(22)28-13-15-6-7-20-21(9-15)30-14-29-20/h2-10,26H,11-14H2,1H3. The van der Waals surface area contributed by atoms with E-state index in [1.165, 1.54) is 0 Å². The third-order valence-corrected chi connectivity index (χ3v) is 5.67. The maximum Gasteiger partial charge on any atom is 0.231 e. The van der Waals surface area contributed by atoms with Gasteiger partial charge in [-0.15, -0.1) is 0 Å². The molecule has 30 heavy (non-hydrogen) atoms. The number of benzene rings is 3. The van der Waals surface area contributed by atoms with Crippen molar-refractivity contribution < 1.29 is 18.9 Å². The van der Waals surface area contributed by atoms with E-state index < -0.39 is 0 Å². The van der Waals surface area contributed by atoms with E-state index in [1.54, 1.807) is 7.11 Å². The van der Waals surface area contributed by atoms with Gasteiger partial charge in [0, 0.05) is 18.1 Å². The summed E-state index contributed by atoms with van der Waals surface area (Å²) in [7, 11) is 1.64. The fraction of sp³-hybridized carbons (Fsp3) is 0.217. The number of hydrogen-bond donors (Lipinski definition) is 1. The zero-order valence-electron chi connectivity index (χ0n) is 16.4. The molecule has 0 bridgehead atoms. The minimum Gasteiger partial charge on any atom is -0.493 e. The van der Waals surface area contributed by atoms with Crippen molar-refractivity contribution in [2.45, 2.75) is 19.7 Å². The Hall–Kier alpha value is -2.41. The predicted molar refractivity (Wildman–Crippen MR) is 120 cm³/mol. The van der Waals surface area contributed by atoms with E-state index >= 15 is 0 Å². The number of fused-ring (bicyclic) bond motifs is 1. The van der Waals surface area contributed by atoms with E-state index in [9.17, 15) is 0 Å². The van der Waals surface area contributed by atoms with Crippen molar-refractivity contribution in [1.82, 2.24) is 5.32 Å². The van der Waals surface area contributed by atoms with Crippen LogP contribution >= 0.6 is 27.5 Å². The van der Waals surface area contributed by atoms with Gasteiger partial charge in [-0.1, -0.05) is 35.9 Å². The monoisotopic (exact) mass is 489 g/mol. The highest BCUT2D eigenvalue weighted by Gasteiger charge is 2.15. The van der Waals surface area contributed by atoms with Crippen molar-refractivity contribution >= 4 is 27.5 Å². The summed E-state index contributed by atoms with van der Waals surface area (Å²) in [5, 5.41) is 4.17. The van der Waals surface area contributed by atoms with Gasteiger partial charge in [-0.05, 0) is 63.0 Å². The maximum atomic E-state index is 6.22. The largest absolute Gasteiger partial charge is 0.493 e. The average Bonchev–Trinajstić information content (AvgIpc) is 3.22. The van der Waals surface area contributed by atoms with E-state index in [1.807, 2.05) is 54.6 Å². The van der Waals surface area contributed by atoms with Crippen LogP contribution < -0.4 is 24.3 Å². The number of halogens is 2. The lowest BCUT2D eigenvalue weighted by atomic mass is 10.1. The lowest BCUT2D eigenvalue weighted by Crippen LogP contribution is -2.13. The van der Waals surface area contributed by atoms with Gasteiger partial charge in [0.15, 0.2) is 23.0 Å². The van der Waals surface area contributed by atoms with Gasteiger partial charge in [0.05, 0.1) is 11.6 Å². The molecule has 0 aromatic heterocycles. The fourth-order valence-electron chi connectivity index (χ4n) is 3.18. The Balaban J connectivity index is 1.41. The van der Waals surface area contributed by atoms with Gasteiger partial charge in [0.25, 0.3) is 0 Å². The number of hydrogen-bond acceptors (Lipinski definition) is 5. The Kier molecular flexibility index (Phi) is 6.67. The highest BCUT2D eigenvalue weighted by molar-refractivity contribution is 9.10. The van der Waals surface area contributed by atoms with Gasteiger partial charge in [-0.2, -0.15) is 0 Å². The molecule has 1 aliphatic heterocycles. The summed E-state index contributed by atoms with van der Waals surface area (Å²) < 4.78 is 23.2. The molecule has 4 rings (SSSR count).